The Morgan fingerprint density at radius 2 is 2.00 bits per heavy atom. The van der Waals surface area contributed by atoms with E-state index >= 15 is 0 Å². The Balaban J connectivity index is 1.83. The Morgan fingerprint density at radius 3 is 2.60 bits per heavy atom. The van der Waals surface area contributed by atoms with E-state index in [1.165, 1.54) is 0 Å². The smallest absolute Gasteiger partial charge is 0.259 e. The molecule has 1 amide bonds. The quantitative estimate of drug-likeness (QED) is 0.857. The number of ether oxygens (including phenoxy) is 1. The van der Waals surface area contributed by atoms with Gasteiger partial charge in [0.15, 0.2) is 5.60 Å². The normalized spacial score (nSPS) is 20.3. The summed E-state index contributed by atoms with van der Waals surface area (Å²) in [6, 6.07) is 9.84. The maximum Gasteiger partial charge on any atom is 0.259 e. The van der Waals surface area contributed by atoms with Crippen LogP contribution in [0.3, 0.4) is 0 Å². The second-order valence-corrected chi connectivity index (χ2v) is 6.80. The monoisotopic (exact) mass is 342 g/mol. The fourth-order valence-corrected chi connectivity index (χ4v) is 3.61. The summed E-state index contributed by atoms with van der Waals surface area (Å²) in [5.74, 6) is 1.67. The molecule has 2 heterocycles. The van der Waals surface area contributed by atoms with E-state index < -0.39 is 5.60 Å². The number of amides is 1. The van der Waals surface area contributed by atoms with Gasteiger partial charge >= 0.3 is 0 Å². The number of methoxy groups -OCH3 is 1. The second-order valence-electron chi connectivity index (χ2n) is 6.80. The summed E-state index contributed by atoms with van der Waals surface area (Å²) in [7, 11) is 1.59. The number of hydrogen-bond acceptors (Lipinski definition) is 4. The van der Waals surface area contributed by atoms with Gasteiger partial charge < -0.3 is 9.64 Å². The molecule has 1 aromatic carbocycles. The molecule has 3 rings (SSSR count). The molecule has 134 valence electrons. The lowest BCUT2D eigenvalue weighted by Crippen LogP contribution is -2.50. The molecule has 2 aromatic rings. The van der Waals surface area contributed by atoms with E-state index in [0.29, 0.717) is 6.54 Å². The Morgan fingerprint density at radius 1 is 1.28 bits per heavy atom. The van der Waals surface area contributed by atoms with Gasteiger partial charge in [-0.25, -0.2) is 9.67 Å². The van der Waals surface area contributed by atoms with Gasteiger partial charge in [0.1, 0.15) is 11.6 Å². The van der Waals surface area contributed by atoms with Crippen molar-refractivity contribution < 1.29 is 9.53 Å². The topological polar surface area (TPSA) is 60.2 Å². The van der Waals surface area contributed by atoms with Crippen molar-refractivity contribution in [1.29, 1.82) is 0 Å². The molecular formula is C19H26N4O2. The molecule has 0 aliphatic carbocycles. The molecule has 6 heteroatoms. The number of hydrogen-bond donors (Lipinski definition) is 0. The van der Waals surface area contributed by atoms with Crippen molar-refractivity contribution in [3.63, 3.8) is 0 Å². The molecule has 25 heavy (non-hydrogen) atoms. The summed E-state index contributed by atoms with van der Waals surface area (Å²) in [5.41, 5.74) is -0.103. The lowest BCUT2D eigenvalue weighted by atomic mass is 9.92. The van der Waals surface area contributed by atoms with E-state index in [4.69, 9.17) is 4.74 Å². The minimum absolute atomic E-state index is 0.000361. The molecule has 1 saturated heterocycles. The number of rotatable bonds is 4. The van der Waals surface area contributed by atoms with Gasteiger partial charge in [-0.3, -0.25) is 4.79 Å². The molecule has 0 spiro atoms. The van der Waals surface area contributed by atoms with Gasteiger partial charge in [-0.1, -0.05) is 30.3 Å². The van der Waals surface area contributed by atoms with Crippen LogP contribution in [0.1, 0.15) is 43.0 Å². The van der Waals surface area contributed by atoms with E-state index in [-0.39, 0.29) is 11.9 Å². The van der Waals surface area contributed by atoms with Gasteiger partial charge in [-0.05, 0) is 39.2 Å². The van der Waals surface area contributed by atoms with Crippen LogP contribution in [0.15, 0.2) is 30.3 Å². The molecule has 0 bridgehead atoms. The number of benzene rings is 1. The molecule has 0 radical (unpaired) electrons. The third kappa shape index (κ3) is 3.31. The summed E-state index contributed by atoms with van der Waals surface area (Å²) < 4.78 is 7.64. The highest BCUT2D eigenvalue weighted by Gasteiger charge is 2.40. The highest BCUT2D eigenvalue weighted by atomic mass is 16.5. The summed E-state index contributed by atoms with van der Waals surface area (Å²) in [6.45, 7) is 7.08. The zero-order valence-corrected chi connectivity index (χ0v) is 15.4. The molecule has 1 aliphatic heterocycles. The van der Waals surface area contributed by atoms with Crippen molar-refractivity contribution in [3.8, 4) is 0 Å². The van der Waals surface area contributed by atoms with Gasteiger partial charge in [0, 0.05) is 20.2 Å². The van der Waals surface area contributed by atoms with Gasteiger partial charge in [-0.15, -0.1) is 0 Å². The SMILES string of the molecule is COC(C)(C(=O)N1CCCC(n2nc(C)nc2C)C1)c1ccccc1. The zero-order chi connectivity index (χ0) is 18.0. The highest BCUT2D eigenvalue weighted by Crippen LogP contribution is 2.30. The van der Waals surface area contributed by atoms with Crippen molar-refractivity contribution in [2.24, 2.45) is 0 Å². The van der Waals surface area contributed by atoms with Crippen molar-refractivity contribution >= 4 is 5.91 Å². The average molecular weight is 342 g/mol. The van der Waals surface area contributed by atoms with Crippen molar-refractivity contribution in [2.45, 2.75) is 45.3 Å². The van der Waals surface area contributed by atoms with E-state index in [9.17, 15) is 4.79 Å². The highest BCUT2D eigenvalue weighted by molar-refractivity contribution is 5.86. The molecule has 1 aliphatic rings. The maximum absolute atomic E-state index is 13.3. The molecule has 2 atom stereocenters. The molecule has 6 nitrogen and oxygen atoms in total. The summed E-state index contributed by atoms with van der Waals surface area (Å²) in [4.78, 5) is 19.6. The van der Waals surface area contributed by atoms with E-state index in [1.807, 2.05) is 60.7 Å². The maximum atomic E-state index is 13.3. The molecule has 1 aromatic heterocycles. The fourth-order valence-electron chi connectivity index (χ4n) is 3.61. The number of nitrogens with zero attached hydrogens (tertiary/aromatic N) is 4. The zero-order valence-electron chi connectivity index (χ0n) is 15.4. The lowest BCUT2D eigenvalue weighted by Gasteiger charge is -2.38. The first-order valence-corrected chi connectivity index (χ1v) is 8.75. The number of carbonyl (C=O) groups is 1. The number of carbonyl (C=O) groups excluding carboxylic acids is 1. The van der Waals surface area contributed by atoms with Crippen LogP contribution in [0.4, 0.5) is 0 Å². The van der Waals surface area contributed by atoms with E-state index in [1.54, 1.807) is 7.11 Å². The van der Waals surface area contributed by atoms with Crippen LogP contribution >= 0.6 is 0 Å². The number of likely N-dealkylation sites (tertiary alicyclic amines) is 1. The minimum Gasteiger partial charge on any atom is -0.364 e. The predicted octanol–water partition coefficient (Wildman–Crippen LogP) is 2.62. The van der Waals surface area contributed by atoms with Crippen molar-refractivity contribution in [3.05, 3.63) is 47.5 Å². The van der Waals surface area contributed by atoms with Crippen LogP contribution in [0.25, 0.3) is 0 Å². The third-order valence-electron chi connectivity index (χ3n) is 5.08. The third-order valence-corrected chi connectivity index (χ3v) is 5.08. The summed E-state index contributed by atoms with van der Waals surface area (Å²) in [5, 5.41) is 4.50. The molecule has 0 saturated carbocycles. The lowest BCUT2D eigenvalue weighted by molar-refractivity contribution is -0.156. The van der Waals surface area contributed by atoms with Crippen molar-refractivity contribution in [1.82, 2.24) is 19.7 Å². The number of aromatic nitrogens is 3. The molecule has 0 N–H and O–H groups in total. The van der Waals surface area contributed by atoms with Gasteiger partial charge in [0.2, 0.25) is 0 Å². The predicted molar refractivity (Wildman–Crippen MR) is 95.2 cm³/mol. The Bertz CT molecular complexity index is 743. The van der Waals surface area contributed by atoms with Crippen molar-refractivity contribution in [2.75, 3.05) is 20.2 Å². The van der Waals surface area contributed by atoms with Gasteiger partial charge in [-0.2, -0.15) is 5.10 Å². The van der Waals surface area contributed by atoms with Gasteiger partial charge in [0.25, 0.3) is 5.91 Å². The molecular weight excluding hydrogens is 316 g/mol. The van der Waals surface area contributed by atoms with Crippen LogP contribution in [0.5, 0.6) is 0 Å². The van der Waals surface area contributed by atoms with E-state index in [0.717, 1.165) is 36.6 Å². The average Bonchev–Trinajstić information content (AvgIpc) is 2.99. The minimum atomic E-state index is -0.976. The Kier molecular flexibility index (Phi) is 4.90. The largest absolute Gasteiger partial charge is 0.364 e. The number of aryl methyl sites for hydroxylation is 2. The van der Waals surface area contributed by atoms with E-state index in [2.05, 4.69) is 10.1 Å². The first-order chi connectivity index (χ1) is 12.0. The fraction of sp³-hybridized carbons (Fsp3) is 0.526. The Hall–Kier alpha value is -2.21. The van der Waals surface area contributed by atoms with Crippen LogP contribution in [0, 0.1) is 13.8 Å². The summed E-state index contributed by atoms with van der Waals surface area (Å²) in [6.07, 6.45) is 1.95. The Labute approximate surface area is 148 Å². The first-order valence-electron chi connectivity index (χ1n) is 8.75. The van der Waals surface area contributed by atoms with Crippen LogP contribution < -0.4 is 0 Å². The standard InChI is InChI=1S/C19H26N4O2/c1-14-20-15(2)23(21-14)17-11-8-12-22(13-17)18(24)19(3,25-4)16-9-6-5-7-10-16/h5-7,9-10,17H,8,11-13H2,1-4H3. The molecule has 1 fully saturated rings. The molecule has 2 unspecified atom stereocenters. The summed E-state index contributed by atoms with van der Waals surface area (Å²) >= 11 is 0. The van der Waals surface area contributed by atoms with Crippen LogP contribution in [0.2, 0.25) is 0 Å². The van der Waals surface area contributed by atoms with Gasteiger partial charge in [0.05, 0.1) is 6.04 Å². The first kappa shape index (κ1) is 17.6. The number of piperidine rings is 1. The van der Waals surface area contributed by atoms with Crippen LogP contribution in [-0.4, -0.2) is 45.8 Å². The van der Waals surface area contributed by atoms with Crippen LogP contribution in [-0.2, 0) is 15.1 Å². The second kappa shape index (κ2) is 6.96.